The lowest BCUT2D eigenvalue weighted by molar-refractivity contribution is -0.143. The average Bonchev–Trinajstić information content (AvgIpc) is 1.64. The normalized spacial score (nSPS) is 21.7. The van der Waals surface area contributed by atoms with Crippen molar-refractivity contribution < 1.29 is 63.1 Å². The third-order valence-corrected chi connectivity index (χ3v) is 23.4. The number of nitrogens with one attached hydrogen (secondary N) is 5. The molecule has 10 bridgehead atoms. The van der Waals surface area contributed by atoms with Crippen molar-refractivity contribution in [1.82, 2.24) is 71.3 Å². The molecular weight excluding hydrogens is 1420 g/mol. The summed E-state index contributed by atoms with van der Waals surface area (Å²) in [6, 6.07) is 13.4. The molecule has 0 spiro atoms. The van der Waals surface area contributed by atoms with Gasteiger partial charge in [-0.1, -0.05) is 49.4 Å². The number of carbonyl (C=O) groups excluding carboxylic acids is 7. The monoisotopic (exact) mass is 1480 g/mol. The fourth-order valence-corrected chi connectivity index (χ4v) is 17.8. The minimum atomic E-state index is -1.33. The standard InChI is InChI=1S/C67H67N15O13S6/c1-32-48(84)26-82-53(32)64-78-47(31-100-64)61-74-43(27-97-61)51-39(16-17-40(71-51)60-76-44(29-98-60)55(86)70-37-12-10-36(11-13-37)66(91)92)59-75-45(28-96-59)56(87)72-41(25-49(68)85)62-80-50(33(2)101-62)58(89)79-52(54(35-6-4-3-5-7-35)95-67(93)69-18-19-81-20-22-94-23-21-81)63-77-46(30-99-63)57(88)73-42(65(82)90)24-34-8-14-38(83)15-9-34/h3-9,14-17,27-32,36-37,41-42,48,52-54,83-84H,10-13,18-26H2,1-2H3,(H2,68,85)(H,69,93)(H,70,86)(H,72,87)(H,73,88)(H,79,89)(H,91,92)/t32-,36?,37?,41-,42-,48-,52-,53-,54+/m0/s1. The van der Waals surface area contributed by atoms with E-state index in [1.165, 1.54) is 61.8 Å². The van der Waals surface area contributed by atoms with Gasteiger partial charge in [0.25, 0.3) is 23.6 Å². The number of fused-ring (bicyclic) bond motifs is 16. The quantitative estimate of drug-likeness (QED) is 0.0502. The zero-order valence-electron chi connectivity index (χ0n) is 54.1. The molecule has 10 N–H and O–H groups in total. The maximum absolute atomic E-state index is 15.4. The topological polar surface area (TPSA) is 399 Å². The van der Waals surface area contributed by atoms with Gasteiger partial charge in [0.05, 0.1) is 49.4 Å². The van der Waals surface area contributed by atoms with E-state index in [9.17, 15) is 44.1 Å². The highest BCUT2D eigenvalue weighted by molar-refractivity contribution is 7.15. The molecule has 7 aromatic heterocycles. The number of aliphatic hydroxyl groups is 1. The molecule has 34 heteroatoms. The molecule has 4 aliphatic rings. The number of carboxylic acids is 1. The van der Waals surface area contributed by atoms with Gasteiger partial charge in [0.15, 0.2) is 6.10 Å². The van der Waals surface area contributed by atoms with E-state index in [0.29, 0.717) is 123 Å². The molecule has 2 aromatic carbocycles. The van der Waals surface area contributed by atoms with Gasteiger partial charge >= 0.3 is 12.1 Å². The van der Waals surface area contributed by atoms with Crippen LogP contribution in [0.1, 0.15) is 136 Å². The molecule has 28 nitrogen and oxygen atoms in total. The first-order valence-corrected chi connectivity index (χ1v) is 37.6. The summed E-state index contributed by atoms with van der Waals surface area (Å²) in [7, 11) is 0. The molecule has 2 saturated heterocycles. The molecule has 524 valence electrons. The smallest absolute Gasteiger partial charge is 0.407 e. The van der Waals surface area contributed by atoms with E-state index in [0.717, 1.165) is 34.0 Å². The summed E-state index contributed by atoms with van der Waals surface area (Å²) in [6.45, 7) is 6.48. The fourth-order valence-electron chi connectivity index (χ4n) is 12.5. The molecule has 3 fully saturated rings. The zero-order chi connectivity index (χ0) is 70.6. The van der Waals surface area contributed by atoms with E-state index < -0.39 is 102 Å². The molecular formula is C67H67N15O13S6. The van der Waals surface area contributed by atoms with Gasteiger partial charge in [0.2, 0.25) is 11.8 Å². The van der Waals surface area contributed by atoms with Crippen molar-refractivity contribution in [3.63, 3.8) is 0 Å². The van der Waals surface area contributed by atoms with Crippen molar-refractivity contribution >= 4 is 116 Å². The summed E-state index contributed by atoms with van der Waals surface area (Å²) in [5.74, 6) is -5.92. The maximum atomic E-state index is 15.4. The number of aliphatic carboxylic acids is 1. The van der Waals surface area contributed by atoms with Crippen molar-refractivity contribution in [1.29, 1.82) is 0 Å². The largest absolute Gasteiger partial charge is 0.508 e. The van der Waals surface area contributed by atoms with Crippen LogP contribution in [0.25, 0.3) is 43.4 Å². The molecule has 3 aliphatic heterocycles. The first-order chi connectivity index (χ1) is 48.8. The Balaban J connectivity index is 0.880. The minimum absolute atomic E-state index is 0.0214. The van der Waals surface area contributed by atoms with Gasteiger partial charge in [0, 0.05) is 88.4 Å². The number of alkyl carbamates (subject to hydrolysis) is 1. The number of ether oxygens (including phenoxy) is 2. The Morgan fingerprint density at radius 2 is 1.37 bits per heavy atom. The summed E-state index contributed by atoms with van der Waals surface area (Å²) in [5.41, 5.74) is 8.66. The summed E-state index contributed by atoms with van der Waals surface area (Å²) in [6.07, 6.45) is -1.74. The number of aromatic hydroxyl groups is 1. The number of thiazole rings is 6. The predicted octanol–water partition coefficient (Wildman–Crippen LogP) is 7.73. The van der Waals surface area contributed by atoms with Crippen LogP contribution in [0.5, 0.6) is 5.75 Å². The Morgan fingerprint density at radius 3 is 2.12 bits per heavy atom. The average molecular weight is 1480 g/mol. The highest BCUT2D eigenvalue weighted by atomic mass is 32.1. The van der Waals surface area contributed by atoms with E-state index in [1.54, 1.807) is 77.7 Å². The van der Waals surface area contributed by atoms with E-state index in [2.05, 4.69) is 36.5 Å². The third kappa shape index (κ3) is 16.0. The number of nitrogens with zero attached hydrogens (tertiary/aromatic N) is 9. The van der Waals surface area contributed by atoms with E-state index in [-0.39, 0.29) is 64.1 Å². The number of aliphatic hydroxyl groups excluding tert-OH is 1. The second-order valence-electron chi connectivity index (χ2n) is 24.7. The summed E-state index contributed by atoms with van der Waals surface area (Å²) >= 11 is 6.84. The third-order valence-electron chi connectivity index (χ3n) is 17.9. The van der Waals surface area contributed by atoms with Crippen LogP contribution in [0.4, 0.5) is 4.79 Å². The Hall–Kier alpha value is -9.39. The number of aryl methyl sites for hydroxylation is 1. The number of phenols is 1. The molecule has 10 heterocycles. The van der Waals surface area contributed by atoms with E-state index >= 15 is 9.59 Å². The van der Waals surface area contributed by atoms with E-state index in [4.69, 9.17) is 45.1 Å². The van der Waals surface area contributed by atoms with Crippen molar-refractivity contribution in [2.75, 3.05) is 45.9 Å². The van der Waals surface area contributed by atoms with Crippen LogP contribution in [0, 0.1) is 18.8 Å². The van der Waals surface area contributed by atoms with Crippen molar-refractivity contribution in [3.8, 4) is 49.1 Å². The molecule has 1 aliphatic carbocycles. The van der Waals surface area contributed by atoms with Gasteiger partial charge in [-0.3, -0.25) is 38.5 Å². The number of carboxylic acid groups (broad SMARTS) is 1. The van der Waals surface area contributed by atoms with Crippen LogP contribution in [0.15, 0.2) is 93.6 Å². The number of nitrogens with two attached hydrogens (primary N) is 1. The first kappa shape index (κ1) is 70.1. The Kier molecular flexibility index (Phi) is 21.4. The van der Waals surface area contributed by atoms with Crippen LogP contribution >= 0.6 is 68.0 Å². The molecule has 0 radical (unpaired) electrons. The molecule has 13 rings (SSSR count). The van der Waals surface area contributed by atoms with Gasteiger partial charge in [-0.05, 0) is 68.0 Å². The Labute approximate surface area is 600 Å². The van der Waals surface area contributed by atoms with Crippen molar-refractivity contribution in [2.24, 2.45) is 17.6 Å². The minimum Gasteiger partial charge on any atom is -0.508 e. The second-order valence-corrected chi connectivity index (χ2v) is 30.3. The number of rotatable bonds is 14. The number of aromatic nitrogens is 7. The van der Waals surface area contributed by atoms with Crippen LogP contribution in [0.2, 0.25) is 0 Å². The number of phenolic OH excluding ortho intramolecular Hbond substituents is 1. The van der Waals surface area contributed by atoms with Gasteiger partial charge in [0.1, 0.15) is 87.7 Å². The van der Waals surface area contributed by atoms with E-state index in [1.807, 2.05) is 6.92 Å². The zero-order valence-corrected chi connectivity index (χ0v) is 59.0. The highest BCUT2D eigenvalue weighted by Crippen LogP contribution is 2.43. The van der Waals surface area contributed by atoms with Gasteiger partial charge < -0.3 is 62.0 Å². The first-order valence-electron chi connectivity index (χ1n) is 32.3. The number of primary amides is 1. The molecule has 101 heavy (non-hydrogen) atoms. The maximum Gasteiger partial charge on any atom is 0.407 e. The Morgan fingerprint density at radius 1 is 0.703 bits per heavy atom. The summed E-state index contributed by atoms with van der Waals surface area (Å²) < 4.78 is 11.8. The number of hydrogen-bond donors (Lipinski definition) is 9. The summed E-state index contributed by atoms with van der Waals surface area (Å²) in [4.78, 5) is 150. The van der Waals surface area contributed by atoms with Gasteiger partial charge in [-0.2, -0.15) is 0 Å². The number of benzene rings is 2. The number of hydrogen-bond acceptors (Lipinski definition) is 26. The van der Waals surface area contributed by atoms with Crippen molar-refractivity contribution in [2.45, 2.75) is 94.8 Å². The molecule has 9 aromatic rings. The van der Waals surface area contributed by atoms with Crippen LogP contribution in [0.3, 0.4) is 0 Å². The number of morpholine rings is 1. The number of amides is 7. The lowest BCUT2D eigenvalue weighted by Gasteiger charge is -2.29. The summed E-state index contributed by atoms with van der Waals surface area (Å²) in [5, 5.41) is 56.2. The molecule has 1 saturated carbocycles. The van der Waals surface area contributed by atoms with Gasteiger partial charge in [-0.25, -0.2) is 39.7 Å². The number of carbonyl (C=O) groups is 8. The van der Waals surface area contributed by atoms with Gasteiger partial charge in [-0.15, -0.1) is 68.0 Å². The predicted molar refractivity (Wildman–Crippen MR) is 376 cm³/mol. The molecule has 7 amide bonds. The van der Waals surface area contributed by atoms with Crippen LogP contribution in [-0.4, -0.2) is 172 Å². The number of pyridine rings is 1. The van der Waals surface area contributed by atoms with Crippen molar-refractivity contribution in [3.05, 3.63) is 147 Å². The lowest BCUT2D eigenvalue weighted by atomic mass is 9.86. The lowest BCUT2D eigenvalue weighted by Crippen LogP contribution is -2.50. The van der Waals surface area contributed by atoms with Crippen LogP contribution < -0.4 is 32.3 Å². The molecule has 7 atom stereocenters. The SMILES string of the molecule is Cc1sc2nc1C(=O)N[C@@H]([C@H](OC(=O)NCCN1CCOCC1)c1ccccc1)c1nc(cs1)C(=O)N[C@@H](Cc1ccc(O)cc1)C(=O)N1C[C@H](O)[C@H](C)[C@H]1c1nc(cs1)-c1nc(cs1)-c1nc(-c3nc(C(=O)NC4CCC(C(=O)O)CC4)cs3)ccc1-c1nc(cs1)C(=O)N[C@H]2CC(N)=O. The fraction of sp³-hybridized carbons (Fsp3) is 0.358. The van der Waals surface area contributed by atoms with Crippen LogP contribution in [-0.2, 0) is 30.3 Å². The second kappa shape index (κ2) is 30.8. The molecule has 0 unspecified atom stereocenters. The Bertz CT molecular complexity index is 4560. The highest BCUT2D eigenvalue weighted by Gasteiger charge is 2.46.